The fraction of sp³-hybridized carbons (Fsp3) is 0.875. The number of hydrogen-bond donors (Lipinski definition) is 3. The van der Waals surface area contributed by atoms with Crippen LogP contribution >= 0.6 is 0 Å². The van der Waals surface area contributed by atoms with Gasteiger partial charge in [-0.25, -0.2) is 0 Å². The summed E-state index contributed by atoms with van der Waals surface area (Å²) in [6, 6.07) is -1.07. The second-order valence-electron chi connectivity index (χ2n) is 13.9. The molecular formula is C40H77NO5S. The fourth-order valence-electron chi connectivity index (χ4n) is 6.11. The van der Waals surface area contributed by atoms with Crippen molar-refractivity contribution in [3.63, 3.8) is 0 Å². The summed E-state index contributed by atoms with van der Waals surface area (Å²) in [6.45, 7) is 4.52. The Hall–Kier alpha value is -1.18. The molecule has 0 fully saturated rings. The number of hydrogen-bond acceptors (Lipinski definition) is 4. The smallest absolute Gasteiger partial charge is 0.267 e. The largest absolute Gasteiger partial charge is 0.387 e. The number of aliphatic hydroxyl groups excluding tert-OH is 1. The summed E-state index contributed by atoms with van der Waals surface area (Å²) < 4.78 is 32.4. The Labute approximate surface area is 292 Å². The molecule has 278 valence electrons. The topological polar surface area (TPSA) is 104 Å². The number of unbranched alkanes of at least 4 members (excludes halogenated alkanes) is 26. The van der Waals surface area contributed by atoms with Gasteiger partial charge < -0.3 is 10.4 Å². The van der Waals surface area contributed by atoms with Crippen molar-refractivity contribution >= 4 is 16.0 Å². The first-order valence-electron chi connectivity index (χ1n) is 20.0. The maximum Gasteiger partial charge on any atom is 0.267 e. The van der Waals surface area contributed by atoms with Gasteiger partial charge in [0.2, 0.25) is 5.91 Å². The Morgan fingerprint density at radius 2 is 0.915 bits per heavy atom. The molecule has 2 atom stereocenters. The second-order valence-corrected chi connectivity index (χ2v) is 15.4. The average Bonchev–Trinajstić information content (AvgIpc) is 3.03. The Morgan fingerprint density at radius 3 is 1.34 bits per heavy atom. The van der Waals surface area contributed by atoms with Gasteiger partial charge in [0.25, 0.3) is 10.1 Å². The number of nitrogens with one attached hydrogen (secondary N) is 1. The SMILES string of the molecule is CCCCCCCCCCCCCCC/C=C/CC/C=C/C(O)C(CS(=O)(=O)O)NC(=O)CCCCCCCCCCCCCCC. The lowest BCUT2D eigenvalue weighted by atomic mass is 10.0. The van der Waals surface area contributed by atoms with Crippen molar-refractivity contribution < 1.29 is 22.9 Å². The second kappa shape index (κ2) is 34.7. The van der Waals surface area contributed by atoms with E-state index in [0.717, 1.165) is 38.5 Å². The van der Waals surface area contributed by atoms with Crippen LogP contribution in [0.1, 0.15) is 206 Å². The quantitative estimate of drug-likeness (QED) is 0.0346. The zero-order valence-electron chi connectivity index (χ0n) is 30.9. The highest BCUT2D eigenvalue weighted by atomic mass is 32.2. The van der Waals surface area contributed by atoms with Crippen molar-refractivity contribution in [1.29, 1.82) is 0 Å². The summed E-state index contributed by atoms with van der Waals surface area (Å²) in [7, 11) is -4.35. The summed E-state index contributed by atoms with van der Waals surface area (Å²) >= 11 is 0. The van der Waals surface area contributed by atoms with Gasteiger partial charge in [0, 0.05) is 6.42 Å². The van der Waals surface area contributed by atoms with Gasteiger partial charge in [0.15, 0.2) is 0 Å². The summed E-state index contributed by atoms with van der Waals surface area (Å²) in [4.78, 5) is 12.5. The van der Waals surface area contributed by atoms with E-state index in [-0.39, 0.29) is 5.91 Å². The molecule has 0 radical (unpaired) electrons. The third kappa shape index (κ3) is 35.9. The van der Waals surface area contributed by atoms with Crippen LogP contribution in [0, 0.1) is 0 Å². The van der Waals surface area contributed by atoms with E-state index in [9.17, 15) is 22.9 Å². The Morgan fingerprint density at radius 1 is 0.553 bits per heavy atom. The van der Waals surface area contributed by atoms with Crippen LogP contribution in [0.25, 0.3) is 0 Å². The summed E-state index contributed by atoms with van der Waals surface area (Å²) in [5, 5.41) is 13.2. The summed E-state index contributed by atoms with van der Waals surface area (Å²) in [5.74, 6) is -0.993. The van der Waals surface area contributed by atoms with Crippen LogP contribution < -0.4 is 5.32 Å². The monoisotopic (exact) mass is 684 g/mol. The van der Waals surface area contributed by atoms with E-state index >= 15 is 0 Å². The third-order valence-electron chi connectivity index (χ3n) is 9.13. The minimum Gasteiger partial charge on any atom is -0.387 e. The third-order valence-corrected chi connectivity index (χ3v) is 9.91. The highest BCUT2D eigenvalue weighted by Gasteiger charge is 2.24. The Bertz CT molecular complexity index is 842. The number of rotatable bonds is 36. The first-order chi connectivity index (χ1) is 22.8. The van der Waals surface area contributed by atoms with Crippen molar-refractivity contribution in [2.24, 2.45) is 0 Å². The molecule has 1 amide bonds. The molecule has 0 aromatic carbocycles. The predicted octanol–water partition coefficient (Wildman–Crippen LogP) is 11.6. The molecule has 0 aromatic rings. The number of amides is 1. The molecule has 0 saturated carbocycles. The molecule has 7 heteroatoms. The van der Waals surface area contributed by atoms with Gasteiger partial charge in [-0.3, -0.25) is 9.35 Å². The predicted molar refractivity (Wildman–Crippen MR) is 202 cm³/mol. The van der Waals surface area contributed by atoms with E-state index in [1.165, 1.54) is 154 Å². The van der Waals surface area contributed by atoms with E-state index in [2.05, 4.69) is 31.3 Å². The molecule has 0 heterocycles. The highest BCUT2D eigenvalue weighted by Crippen LogP contribution is 2.15. The maximum absolute atomic E-state index is 12.5. The molecular weight excluding hydrogens is 607 g/mol. The maximum atomic E-state index is 12.5. The standard InChI is InChI=1S/C40H77NO5S/c1-3-5-7-9-11-13-15-17-18-19-20-21-22-24-25-27-29-31-33-35-39(42)38(37-47(44,45)46)41-40(43)36-34-32-30-28-26-23-16-14-12-10-8-6-4-2/h25,27,33,35,38-39,42H,3-24,26,28-32,34,36-37H2,1-2H3,(H,41,43)(H,44,45,46)/b27-25+,35-33+. The molecule has 0 aliphatic carbocycles. The van der Waals surface area contributed by atoms with Gasteiger partial charge in [0.1, 0.15) is 0 Å². The van der Waals surface area contributed by atoms with E-state index in [1.54, 1.807) is 0 Å². The molecule has 0 aliphatic rings. The lowest BCUT2D eigenvalue weighted by Gasteiger charge is -2.21. The molecule has 0 aromatic heterocycles. The number of carbonyl (C=O) groups excluding carboxylic acids is 1. The van der Waals surface area contributed by atoms with Crippen molar-refractivity contribution in [2.75, 3.05) is 5.75 Å². The van der Waals surface area contributed by atoms with Crippen LogP contribution in [0.15, 0.2) is 24.3 Å². The molecule has 0 rings (SSSR count). The van der Waals surface area contributed by atoms with E-state index in [1.807, 2.05) is 6.08 Å². The van der Waals surface area contributed by atoms with E-state index in [4.69, 9.17) is 0 Å². The van der Waals surface area contributed by atoms with Crippen molar-refractivity contribution in [2.45, 2.75) is 219 Å². The Balaban J connectivity index is 3.96. The van der Waals surface area contributed by atoms with Crippen molar-refractivity contribution in [3.8, 4) is 0 Å². The molecule has 3 N–H and O–H groups in total. The van der Waals surface area contributed by atoms with Crippen LogP contribution in [0.3, 0.4) is 0 Å². The molecule has 0 aliphatic heterocycles. The highest BCUT2D eigenvalue weighted by molar-refractivity contribution is 7.85. The van der Waals surface area contributed by atoms with Gasteiger partial charge >= 0.3 is 0 Å². The Kier molecular flexibility index (Phi) is 33.8. The normalized spacial score (nSPS) is 13.5. The minimum absolute atomic E-state index is 0.287. The summed E-state index contributed by atoms with van der Waals surface area (Å²) in [5.41, 5.74) is 0. The summed E-state index contributed by atoms with van der Waals surface area (Å²) in [6.07, 6.45) is 43.1. The lowest BCUT2D eigenvalue weighted by Crippen LogP contribution is -2.46. The minimum atomic E-state index is -4.35. The molecule has 0 saturated heterocycles. The molecule has 6 nitrogen and oxygen atoms in total. The van der Waals surface area contributed by atoms with Gasteiger partial charge in [-0.05, 0) is 32.1 Å². The first-order valence-corrected chi connectivity index (χ1v) is 21.6. The fourth-order valence-corrected chi connectivity index (χ4v) is 6.85. The van der Waals surface area contributed by atoms with Crippen molar-refractivity contribution in [3.05, 3.63) is 24.3 Å². The number of aliphatic hydroxyl groups is 1. The van der Waals surface area contributed by atoms with Crippen LogP contribution in [-0.2, 0) is 14.9 Å². The van der Waals surface area contributed by atoms with Crippen LogP contribution in [0.2, 0.25) is 0 Å². The van der Waals surface area contributed by atoms with E-state index in [0.29, 0.717) is 6.42 Å². The molecule has 2 unspecified atom stereocenters. The van der Waals surface area contributed by atoms with Crippen LogP contribution in [0.4, 0.5) is 0 Å². The van der Waals surface area contributed by atoms with Gasteiger partial charge in [-0.2, -0.15) is 8.42 Å². The average molecular weight is 684 g/mol. The van der Waals surface area contributed by atoms with Crippen LogP contribution in [0.5, 0.6) is 0 Å². The number of carbonyl (C=O) groups is 1. The molecule has 0 spiro atoms. The van der Waals surface area contributed by atoms with E-state index < -0.39 is 28.0 Å². The number of allylic oxidation sites excluding steroid dienone is 3. The first kappa shape index (κ1) is 45.8. The van der Waals surface area contributed by atoms with Crippen molar-refractivity contribution in [1.82, 2.24) is 5.32 Å². The molecule has 0 bridgehead atoms. The molecule has 47 heavy (non-hydrogen) atoms. The zero-order chi connectivity index (χ0) is 34.7. The van der Waals surface area contributed by atoms with Gasteiger partial charge in [-0.1, -0.05) is 192 Å². The van der Waals surface area contributed by atoms with Gasteiger partial charge in [-0.15, -0.1) is 0 Å². The zero-order valence-corrected chi connectivity index (χ0v) is 31.7. The lowest BCUT2D eigenvalue weighted by molar-refractivity contribution is -0.122. The van der Waals surface area contributed by atoms with Gasteiger partial charge in [0.05, 0.1) is 17.9 Å². The van der Waals surface area contributed by atoms with Crippen LogP contribution in [-0.4, -0.2) is 41.9 Å².